The van der Waals surface area contributed by atoms with Gasteiger partial charge in [0.25, 0.3) is 0 Å². The van der Waals surface area contributed by atoms with Crippen molar-refractivity contribution in [2.45, 2.75) is 51.6 Å². The fourth-order valence-electron chi connectivity index (χ4n) is 3.08. The van der Waals surface area contributed by atoms with E-state index in [1.54, 1.807) is 24.0 Å². The zero-order valence-electron chi connectivity index (χ0n) is 15.0. The molecule has 2 rings (SSSR count). The van der Waals surface area contributed by atoms with Gasteiger partial charge in [-0.25, -0.2) is 4.39 Å². The molecule has 7 heteroatoms. The van der Waals surface area contributed by atoms with Crippen molar-refractivity contribution in [3.8, 4) is 0 Å². The van der Waals surface area contributed by atoms with Gasteiger partial charge in [-0.3, -0.25) is 14.4 Å². The van der Waals surface area contributed by atoms with Crippen LogP contribution in [-0.4, -0.2) is 41.9 Å². The lowest BCUT2D eigenvalue weighted by Crippen LogP contribution is -2.50. The van der Waals surface area contributed by atoms with Gasteiger partial charge in [-0.2, -0.15) is 0 Å². The summed E-state index contributed by atoms with van der Waals surface area (Å²) in [5.41, 5.74) is 0.713. The van der Waals surface area contributed by atoms with Crippen LogP contribution in [-0.2, 0) is 25.7 Å². The minimum Gasteiger partial charge on any atom is -0.466 e. The molecule has 0 aliphatic carbocycles. The first kappa shape index (κ1) is 19.9. The van der Waals surface area contributed by atoms with E-state index < -0.39 is 11.8 Å². The van der Waals surface area contributed by atoms with Crippen LogP contribution in [0.25, 0.3) is 0 Å². The van der Waals surface area contributed by atoms with Gasteiger partial charge in [0.05, 0.1) is 6.61 Å². The summed E-state index contributed by atoms with van der Waals surface area (Å²) in [6.07, 6.45) is 3.31. The van der Waals surface area contributed by atoms with Crippen LogP contribution in [0.3, 0.4) is 0 Å². The predicted octanol–water partition coefficient (Wildman–Crippen LogP) is 2.17. The molecule has 6 nitrogen and oxygen atoms in total. The maximum absolute atomic E-state index is 12.9. The van der Waals surface area contributed by atoms with Gasteiger partial charge in [-0.05, 0) is 50.3 Å². The van der Waals surface area contributed by atoms with Gasteiger partial charge >= 0.3 is 17.8 Å². The molecule has 1 aromatic carbocycles. The quantitative estimate of drug-likeness (QED) is 0.620. The van der Waals surface area contributed by atoms with Crippen LogP contribution >= 0.6 is 0 Å². The molecular formula is C19H25FN2O4. The van der Waals surface area contributed by atoms with Crippen LogP contribution in [0.2, 0.25) is 0 Å². The van der Waals surface area contributed by atoms with E-state index in [1.807, 2.05) is 0 Å². The molecule has 1 unspecified atom stereocenters. The summed E-state index contributed by atoms with van der Waals surface area (Å²) in [5.74, 6) is -1.90. The van der Waals surface area contributed by atoms with Crippen molar-refractivity contribution in [1.29, 1.82) is 0 Å². The Labute approximate surface area is 152 Å². The van der Waals surface area contributed by atoms with Crippen molar-refractivity contribution in [2.75, 3.05) is 13.2 Å². The molecule has 1 N–H and O–H groups in total. The van der Waals surface area contributed by atoms with E-state index in [0.29, 0.717) is 25.1 Å². The predicted molar refractivity (Wildman–Crippen MR) is 93.5 cm³/mol. The Morgan fingerprint density at radius 3 is 2.65 bits per heavy atom. The summed E-state index contributed by atoms with van der Waals surface area (Å²) in [6, 6.07) is 5.60. The number of benzene rings is 1. The number of rotatable bonds is 6. The standard InChI is InChI=1S/C19H25FN2O4/c1-2-26-17(23)11-10-16-5-3-4-12-22(16)19(25)18(24)21-13-14-6-8-15(20)9-7-14/h6-9,16H,2-5,10-13H2,1H3,(H,21,24). The van der Waals surface area contributed by atoms with Gasteiger partial charge in [-0.15, -0.1) is 0 Å². The molecule has 1 atom stereocenters. The van der Waals surface area contributed by atoms with Gasteiger partial charge in [0, 0.05) is 25.6 Å². The second kappa shape index (κ2) is 9.89. The highest BCUT2D eigenvalue weighted by Gasteiger charge is 2.30. The number of likely N-dealkylation sites (tertiary alicyclic amines) is 1. The van der Waals surface area contributed by atoms with E-state index in [-0.39, 0.29) is 30.8 Å². The Morgan fingerprint density at radius 2 is 1.96 bits per heavy atom. The second-order valence-electron chi connectivity index (χ2n) is 6.30. The number of esters is 1. The molecule has 1 aliphatic rings. The molecule has 0 saturated carbocycles. The fourth-order valence-corrected chi connectivity index (χ4v) is 3.08. The third-order valence-corrected chi connectivity index (χ3v) is 4.44. The Hall–Kier alpha value is -2.44. The fraction of sp³-hybridized carbons (Fsp3) is 0.526. The number of piperidine rings is 1. The number of nitrogens with zero attached hydrogens (tertiary/aromatic N) is 1. The Kier molecular flexibility index (Phi) is 7.56. The van der Waals surface area contributed by atoms with Gasteiger partial charge in [0.1, 0.15) is 5.82 Å². The van der Waals surface area contributed by atoms with Crippen LogP contribution in [0, 0.1) is 5.82 Å². The summed E-state index contributed by atoms with van der Waals surface area (Å²) in [7, 11) is 0. The van der Waals surface area contributed by atoms with E-state index in [1.165, 1.54) is 12.1 Å². The van der Waals surface area contributed by atoms with Crippen LogP contribution in [0.5, 0.6) is 0 Å². The molecule has 1 heterocycles. The first-order valence-corrected chi connectivity index (χ1v) is 9.00. The van der Waals surface area contributed by atoms with Crippen LogP contribution in [0.4, 0.5) is 4.39 Å². The molecule has 0 spiro atoms. The summed E-state index contributed by atoms with van der Waals surface area (Å²) in [6.45, 7) is 2.75. The third kappa shape index (κ3) is 5.82. The maximum atomic E-state index is 12.9. The minimum absolute atomic E-state index is 0.128. The summed E-state index contributed by atoms with van der Waals surface area (Å²) in [4.78, 5) is 37.8. The van der Waals surface area contributed by atoms with Crippen LogP contribution < -0.4 is 5.32 Å². The summed E-state index contributed by atoms with van der Waals surface area (Å²) >= 11 is 0. The van der Waals surface area contributed by atoms with Crippen molar-refractivity contribution >= 4 is 17.8 Å². The topological polar surface area (TPSA) is 75.7 Å². The molecule has 1 aliphatic heterocycles. The maximum Gasteiger partial charge on any atom is 0.312 e. The minimum atomic E-state index is -0.683. The van der Waals surface area contributed by atoms with Crippen LogP contribution in [0.1, 0.15) is 44.6 Å². The number of carbonyl (C=O) groups excluding carboxylic acids is 3. The third-order valence-electron chi connectivity index (χ3n) is 4.44. The van der Waals surface area contributed by atoms with Crippen molar-refractivity contribution in [1.82, 2.24) is 10.2 Å². The van der Waals surface area contributed by atoms with Gasteiger partial charge in [-0.1, -0.05) is 12.1 Å². The normalized spacial score (nSPS) is 16.8. The lowest BCUT2D eigenvalue weighted by Gasteiger charge is -2.35. The summed E-state index contributed by atoms with van der Waals surface area (Å²) < 4.78 is 17.8. The van der Waals surface area contributed by atoms with Crippen molar-refractivity contribution in [2.24, 2.45) is 0 Å². The van der Waals surface area contributed by atoms with Crippen LogP contribution in [0.15, 0.2) is 24.3 Å². The van der Waals surface area contributed by atoms with E-state index in [4.69, 9.17) is 4.74 Å². The highest BCUT2D eigenvalue weighted by Crippen LogP contribution is 2.21. The van der Waals surface area contributed by atoms with Crippen molar-refractivity contribution in [3.63, 3.8) is 0 Å². The van der Waals surface area contributed by atoms with Crippen molar-refractivity contribution in [3.05, 3.63) is 35.6 Å². The smallest absolute Gasteiger partial charge is 0.312 e. The number of ether oxygens (including phenoxy) is 1. The number of hydrogen-bond donors (Lipinski definition) is 1. The van der Waals surface area contributed by atoms with Crippen molar-refractivity contribution < 1.29 is 23.5 Å². The van der Waals surface area contributed by atoms with Gasteiger partial charge in [0.15, 0.2) is 0 Å². The zero-order chi connectivity index (χ0) is 18.9. The van der Waals surface area contributed by atoms with Gasteiger partial charge < -0.3 is 15.0 Å². The van der Waals surface area contributed by atoms with E-state index in [9.17, 15) is 18.8 Å². The van der Waals surface area contributed by atoms with E-state index in [0.717, 1.165) is 19.3 Å². The van der Waals surface area contributed by atoms with E-state index >= 15 is 0 Å². The first-order valence-electron chi connectivity index (χ1n) is 9.00. The highest BCUT2D eigenvalue weighted by atomic mass is 19.1. The average Bonchev–Trinajstić information content (AvgIpc) is 2.65. The molecule has 1 saturated heterocycles. The number of nitrogens with one attached hydrogen (secondary N) is 1. The average molecular weight is 364 g/mol. The number of halogens is 1. The number of amides is 2. The largest absolute Gasteiger partial charge is 0.466 e. The molecule has 0 aromatic heterocycles. The molecule has 0 radical (unpaired) electrons. The molecule has 26 heavy (non-hydrogen) atoms. The monoisotopic (exact) mass is 364 g/mol. The molecular weight excluding hydrogens is 339 g/mol. The molecule has 2 amide bonds. The second-order valence-corrected chi connectivity index (χ2v) is 6.30. The molecule has 142 valence electrons. The lowest BCUT2D eigenvalue weighted by molar-refractivity contribution is -0.149. The number of hydrogen-bond acceptors (Lipinski definition) is 4. The molecule has 0 bridgehead atoms. The Morgan fingerprint density at radius 1 is 1.23 bits per heavy atom. The SMILES string of the molecule is CCOC(=O)CCC1CCCCN1C(=O)C(=O)NCc1ccc(F)cc1. The van der Waals surface area contributed by atoms with E-state index in [2.05, 4.69) is 5.32 Å². The number of carbonyl (C=O) groups is 3. The highest BCUT2D eigenvalue weighted by molar-refractivity contribution is 6.35. The molecule has 1 fully saturated rings. The summed E-state index contributed by atoms with van der Waals surface area (Å²) in [5, 5.41) is 2.58. The Balaban J connectivity index is 1.88. The van der Waals surface area contributed by atoms with Gasteiger partial charge in [0.2, 0.25) is 0 Å². The Bertz CT molecular complexity index is 633. The first-order chi connectivity index (χ1) is 12.5. The molecule has 1 aromatic rings. The zero-order valence-corrected chi connectivity index (χ0v) is 15.0. The lowest BCUT2D eigenvalue weighted by atomic mass is 9.97.